The van der Waals surface area contributed by atoms with E-state index in [2.05, 4.69) is 0 Å². The first-order chi connectivity index (χ1) is 4.97. The van der Waals surface area contributed by atoms with Crippen molar-refractivity contribution in [3.05, 3.63) is 0 Å². The Hall–Kier alpha value is -0.450. The van der Waals surface area contributed by atoms with Gasteiger partial charge in [0.15, 0.2) is 21.8 Å². The molecule has 0 amide bonds. The molecule has 0 aromatic heterocycles. The van der Waals surface area contributed by atoms with Gasteiger partial charge in [-0.1, -0.05) is 0 Å². The molecule has 1 aliphatic heterocycles. The monoisotopic (exact) mass is 180 g/mol. The summed E-state index contributed by atoms with van der Waals surface area (Å²) in [6.07, 6.45) is -0.153. The molecule has 0 aromatic rings. The maximum Gasteiger partial charge on any atom is 0.167 e. The third kappa shape index (κ3) is 1.99. The van der Waals surface area contributed by atoms with Crippen molar-refractivity contribution in [2.75, 3.05) is 11.5 Å². The van der Waals surface area contributed by atoms with Crippen LogP contribution in [0.25, 0.3) is 0 Å². The molecule has 0 aliphatic carbocycles. The lowest BCUT2D eigenvalue weighted by molar-refractivity contribution is -0.118. The van der Waals surface area contributed by atoms with Crippen molar-refractivity contribution >= 4 is 16.1 Å². The van der Waals surface area contributed by atoms with Crippen molar-refractivity contribution in [2.45, 2.75) is 18.5 Å². The zero-order valence-corrected chi connectivity index (χ0v) is 6.73. The summed E-state index contributed by atoms with van der Waals surface area (Å²) in [5.74, 6) is -0.412. The van der Waals surface area contributed by atoms with Gasteiger partial charge in [-0.15, -0.1) is 0 Å². The van der Waals surface area contributed by atoms with Crippen LogP contribution in [0, 0.1) is 0 Å². The van der Waals surface area contributed by atoms with E-state index in [9.17, 15) is 17.6 Å². The van der Waals surface area contributed by atoms with Gasteiger partial charge in [0.05, 0.1) is 11.5 Å². The van der Waals surface area contributed by atoms with Crippen LogP contribution < -0.4 is 0 Å². The fourth-order valence-corrected chi connectivity index (χ4v) is 2.50. The lowest BCUT2D eigenvalue weighted by Crippen LogP contribution is -2.36. The van der Waals surface area contributed by atoms with Crippen LogP contribution in [-0.2, 0) is 14.6 Å². The van der Waals surface area contributed by atoms with E-state index in [1.807, 2.05) is 0 Å². The molecule has 0 unspecified atom stereocenters. The van der Waals surface area contributed by atoms with E-state index in [0.29, 0.717) is 0 Å². The van der Waals surface area contributed by atoms with Crippen molar-refractivity contribution in [1.29, 1.82) is 0 Å². The molecule has 0 atom stereocenters. The maximum atomic E-state index is 13.0. The highest BCUT2D eigenvalue weighted by atomic mass is 32.2. The quantitative estimate of drug-likeness (QED) is 0.538. The Morgan fingerprint density at radius 2 is 1.73 bits per heavy atom. The normalized spacial score (nSPS) is 27.7. The molecular weight excluding hydrogens is 171 g/mol. The largest absolute Gasteiger partial charge is 0.300 e. The summed E-state index contributed by atoms with van der Waals surface area (Å²) < 4.78 is 34.6. The second-order valence-electron chi connectivity index (χ2n) is 2.80. The molecule has 0 N–H and O–H groups in total. The number of hydrogen-bond acceptors (Lipinski definition) is 3. The molecule has 0 radical (unpaired) electrons. The highest BCUT2D eigenvalue weighted by Crippen LogP contribution is 2.25. The molecule has 11 heavy (non-hydrogen) atoms. The number of carbonyl (C=O) groups excluding carboxylic acids is 1. The predicted octanol–water partition coefficient (Wildman–Crippen LogP) is 0.102. The summed E-state index contributed by atoms with van der Waals surface area (Å²) in [6.45, 7) is 0. The minimum Gasteiger partial charge on any atom is -0.300 e. The molecular formula is C6H9FO3S. The summed E-state index contributed by atoms with van der Waals surface area (Å²) in [5.41, 5.74) is -1.88. The number of rotatable bonds is 1. The van der Waals surface area contributed by atoms with Crippen LogP contribution in [0.5, 0.6) is 0 Å². The highest BCUT2D eigenvalue weighted by Gasteiger charge is 2.36. The van der Waals surface area contributed by atoms with Gasteiger partial charge in [0.1, 0.15) is 0 Å². The summed E-state index contributed by atoms with van der Waals surface area (Å²) in [7, 11) is -3.06. The summed E-state index contributed by atoms with van der Waals surface area (Å²) in [4.78, 5) is 10.1. The van der Waals surface area contributed by atoms with Crippen LogP contribution in [0.15, 0.2) is 0 Å². The number of hydrogen-bond donors (Lipinski definition) is 0. The fourth-order valence-electron chi connectivity index (χ4n) is 0.995. The van der Waals surface area contributed by atoms with E-state index in [1.165, 1.54) is 0 Å². The molecule has 1 rings (SSSR count). The molecule has 64 valence electrons. The Kier molecular flexibility index (Phi) is 2.00. The topological polar surface area (TPSA) is 51.2 Å². The number of alkyl halides is 1. The van der Waals surface area contributed by atoms with Crippen LogP contribution in [0.2, 0.25) is 0 Å². The highest BCUT2D eigenvalue weighted by molar-refractivity contribution is 7.91. The Morgan fingerprint density at radius 3 is 2.09 bits per heavy atom. The first-order valence-electron chi connectivity index (χ1n) is 3.33. The lowest BCUT2D eigenvalue weighted by Gasteiger charge is -2.23. The van der Waals surface area contributed by atoms with Crippen LogP contribution in [0.4, 0.5) is 4.39 Å². The van der Waals surface area contributed by atoms with Crippen LogP contribution >= 0.6 is 0 Å². The summed E-state index contributed by atoms with van der Waals surface area (Å²) in [5, 5.41) is 0. The number of halogens is 1. The Labute approximate surface area is 64.5 Å². The molecule has 0 bridgehead atoms. The van der Waals surface area contributed by atoms with Gasteiger partial charge in [0, 0.05) is 12.8 Å². The maximum absolute atomic E-state index is 13.0. The third-order valence-electron chi connectivity index (χ3n) is 1.87. The van der Waals surface area contributed by atoms with Crippen LogP contribution in [-0.4, -0.2) is 31.9 Å². The molecule has 5 heteroatoms. The van der Waals surface area contributed by atoms with Crippen LogP contribution in [0.3, 0.4) is 0 Å². The Bertz CT molecular complexity index is 243. The molecule has 1 aliphatic rings. The predicted molar refractivity (Wildman–Crippen MR) is 37.8 cm³/mol. The minimum atomic E-state index is -3.06. The van der Waals surface area contributed by atoms with Gasteiger partial charge < -0.3 is 0 Å². The number of aldehydes is 1. The first-order valence-corrected chi connectivity index (χ1v) is 5.15. The average Bonchev–Trinajstić information content (AvgIpc) is 1.97. The zero-order valence-electron chi connectivity index (χ0n) is 5.92. The van der Waals surface area contributed by atoms with Crippen LogP contribution in [0.1, 0.15) is 12.8 Å². The Balaban J connectivity index is 2.69. The fraction of sp³-hybridized carbons (Fsp3) is 0.833. The molecule has 0 saturated carbocycles. The summed E-state index contributed by atoms with van der Waals surface area (Å²) >= 11 is 0. The number of carbonyl (C=O) groups is 1. The number of sulfone groups is 1. The molecule has 1 saturated heterocycles. The van der Waals surface area contributed by atoms with Gasteiger partial charge in [-0.2, -0.15) is 0 Å². The molecule has 0 spiro atoms. The van der Waals surface area contributed by atoms with Gasteiger partial charge in [-0.05, 0) is 0 Å². The standard InChI is InChI=1S/C6H9FO3S/c7-6(5-8)1-3-11(9,10)4-2-6/h5H,1-4H2. The third-order valence-corrected chi connectivity index (χ3v) is 3.52. The zero-order chi connectivity index (χ0) is 8.54. The van der Waals surface area contributed by atoms with Crippen molar-refractivity contribution in [3.8, 4) is 0 Å². The van der Waals surface area contributed by atoms with E-state index < -0.39 is 15.5 Å². The van der Waals surface area contributed by atoms with Gasteiger partial charge >= 0.3 is 0 Å². The van der Waals surface area contributed by atoms with E-state index in [1.54, 1.807) is 0 Å². The van der Waals surface area contributed by atoms with E-state index in [0.717, 1.165) is 0 Å². The molecule has 1 heterocycles. The molecule has 0 aromatic carbocycles. The smallest absolute Gasteiger partial charge is 0.167 e. The van der Waals surface area contributed by atoms with E-state index >= 15 is 0 Å². The molecule has 1 fully saturated rings. The lowest BCUT2D eigenvalue weighted by atomic mass is 10.0. The van der Waals surface area contributed by atoms with Gasteiger partial charge in [-0.3, -0.25) is 4.79 Å². The van der Waals surface area contributed by atoms with Gasteiger partial charge in [-0.25, -0.2) is 12.8 Å². The van der Waals surface area contributed by atoms with Gasteiger partial charge in [0.25, 0.3) is 0 Å². The summed E-state index contributed by atoms with van der Waals surface area (Å²) in [6, 6.07) is 0. The van der Waals surface area contributed by atoms with E-state index in [-0.39, 0.29) is 30.6 Å². The van der Waals surface area contributed by atoms with Crippen molar-refractivity contribution in [1.82, 2.24) is 0 Å². The molecule has 3 nitrogen and oxygen atoms in total. The van der Waals surface area contributed by atoms with Crippen molar-refractivity contribution < 1.29 is 17.6 Å². The Morgan fingerprint density at radius 1 is 1.27 bits per heavy atom. The average molecular weight is 180 g/mol. The second kappa shape index (κ2) is 2.55. The van der Waals surface area contributed by atoms with E-state index in [4.69, 9.17) is 0 Å². The first kappa shape index (κ1) is 8.64. The van der Waals surface area contributed by atoms with Gasteiger partial charge in [0.2, 0.25) is 0 Å². The SMILES string of the molecule is O=CC1(F)CCS(=O)(=O)CC1. The second-order valence-corrected chi connectivity index (χ2v) is 5.11. The van der Waals surface area contributed by atoms with Crippen molar-refractivity contribution in [2.24, 2.45) is 0 Å². The van der Waals surface area contributed by atoms with Crippen molar-refractivity contribution in [3.63, 3.8) is 0 Å². The minimum absolute atomic E-state index is 0.182.